The Hall–Kier alpha value is -3.79. The lowest BCUT2D eigenvalue weighted by molar-refractivity contribution is -0.133. The summed E-state index contributed by atoms with van der Waals surface area (Å²) in [6.45, 7) is 3.60. The molecule has 1 aliphatic heterocycles. The van der Waals surface area contributed by atoms with Crippen LogP contribution in [-0.2, 0) is 11.2 Å². The highest BCUT2D eigenvalue weighted by atomic mass is 32.1. The van der Waals surface area contributed by atoms with Gasteiger partial charge in [-0.2, -0.15) is 5.10 Å². The van der Waals surface area contributed by atoms with Gasteiger partial charge in [-0.05, 0) is 37.1 Å². The highest BCUT2D eigenvalue weighted by Crippen LogP contribution is 2.28. The molecule has 32 heavy (non-hydrogen) atoms. The van der Waals surface area contributed by atoms with Crippen LogP contribution in [0.25, 0.3) is 10.9 Å². The maximum Gasteiger partial charge on any atom is 0.267 e. The van der Waals surface area contributed by atoms with Gasteiger partial charge in [0.25, 0.3) is 5.91 Å². The van der Waals surface area contributed by atoms with Gasteiger partial charge in [-0.25, -0.2) is 9.97 Å². The second kappa shape index (κ2) is 8.39. The molecule has 5 rings (SSSR count). The van der Waals surface area contributed by atoms with E-state index in [2.05, 4.69) is 30.8 Å². The van der Waals surface area contributed by atoms with Crippen molar-refractivity contribution in [2.24, 2.45) is 0 Å². The number of benzene rings is 1. The van der Waals surface area contributed by atoms with E-state index < -0.39 is 0 Å². The number of likely N-dealkylation sites (tertiary alicyclic amines) is 1. The monoisotopic (exact) mass is 447 g/mol. The number of thiazole rings is 1. The first-order valence-corrected chi connectivity index (χ1v) is 11.1. The Labute approximate surface area is 187 Å². The van der Waals surface area contributed by atoms with E-state index in [0.717, 1.165) is 41.7 Å². The number of fused-ring (bicyclic) bond motifs is 1. The Bertz CT molecular complexity index is 1310. The van der Waals surface area contributed by atoms with Gasteiger partial charge in [0.05, 0.1) is 35.7 Å². The number of nitrogens with one attached hydrogen (secondary N) is 3. The van der Waals surface area contributed by atoms with Gasteiger partial charge in [0.1, 0.15) is 10.7 Å². The highest BCUT2D eigenvalue weighted by molar-refractivity contribution is 7.17. The topological polar surface area (TPSA) is 116 Å². The van der Waals surface area contributed by atoms with Crippen molar-refractivity contribution in [2.75, 3.05) is 23.7 Å². The molecule has 4 heterocycles. The molecule has 1 fully saturated rings. The lowest BCUT2D eigenvalue weighted by atomic mass is 10.1. The Morgan fingerprint density at radius 1 is 1.19 bits per heavy atom. The molecule has 0 atom stereocenters. The number of carbonyl (C=O) groups excluding carboxylic acids is 2. The fourth-order valence-electron chi connectivity index (χ4n) is 3.49. The van der Waals surface area contributed by atoms with Crippen LogP contribution < -0.4 is 10.6 Å². The number of anilines is 3. The lowest BCUT2D eigenvalue weighted by Crippen LogP contribution is -2.42. The molecule has 0 radical (unpaired) electrons. The van der Waals surface area contributed by atoms with Gasteiger partial charge in [-0.3, -0.25) is 14.7 Å². The van der Waals surface area contributed by atoms with E-state index in [-0.39, 0.29) is 18.2 Å². The zero-order chi connectivity index (χ0) is 22.1. The fraction of sp³-hybridized carbons (Fsp3) is 0.227. The maximum absolute atomic E-state index is 12.8. The molecule has 1 aliphatic rings. The second-order valence-electron chi connectivity index (χ2n) is 7.62. The molecular weight excluding hydrogens is 426 g/mol. The third-order valence-electron chi connectivity index (χ3n) is 5.38. The van der Waals surface area contributed by atoms with Crippen molar-refractivity contribution in [3.8, 4) is 0 Å². The van der Waals surface area contributed by atoms with Gasteiger partial charge in [0.2, 0.25) is 5.91 Å². The summed E-state index contributed by atoms with van der Waals surface area (Å²) in [7, 11) is 0. The molecule has 4 aromatic rings. The van der Waals surface area contributed by atoms with E-state index in [0.29, 0.717) is 21.5 Å². The van der Waals surface area contributed by atoms with E-state index in [4.69, 9.17) is 0 Å². The summed E-state index contributed by atoms with van der Waals surface area (Å²) in [4.78, 5) is 36.1. The van der Waals surface area contributed by atoms with E-state index in [9.17, 15) is 9.59 Å². The lowest BCUT2D eigenvalue weighted by Gasteiger charge is -2.30. The second-order valence-corrected chi connectivity index (χ2v) is 8.65. The summed E-state index contributed by atoms with van der Waals surface area (Å²) in [5.74, 6) is 0.436. The van der Waals surface area contributed by atoms with Crippen LogP contribution in [0.4, 0.5) is 16.6 Å². The van der Waals surface area contributed by atoms with Gasteiger partial charge in [-0.15, -0.1) is 0 Å². The minimum atomic E-state index is -0.241. The quantitative estimate of drug-likeness (QED) is 0.417. The van der Waals surface area contributed by atoms with Crippen molar-refractivity contribution in [1.29, 1.82) is 0 Å². The fourth-order valence-corrected chi connectivity index (χ4v) is 4.21. The molecule has 1 saturated heterocycles. The van der Waals surface area contributed by atoms with Crippen molar-refractivity contribution < 1.29 is 9.59 Å². The van der Waals surface area contributed by atoms with Crippen LogP contribution >= 0.6 is 11.3 Å². The van der Waals surface area contributed by atoms with Gasteiger partial charge in [0, 0.05) is 18.5 Å². The average molecular weight is 448 g/mol. The first-order valence-electron chi connectivity index (χ1n) is 10.3. The average Bonchev–Trinajstić information content (AvgIpc) is 3.38. The summed E-state index contributed by atoms with van der Waals surface area (Å²) in [5, 5.41) is 14.5. The zero-order valence-corrected chi connectivity index (χ0v) is 18.2. The van der Waals surface area contributed by atoms with Crippen LogP contribution in [0, 0.1) is 6.92 Å². The molecule has 3 aromatic heterocycles. The normalized spacial score (nSPS) is 13.1. The zero-order valence-electron chi connectivity index (χ0n) is 17.4. The number of nitrogens with zero attached hydrogens (tertiary/aromatic N) is 4. The van der Waals surface area contributed by atoms with Gasteiger partial charge in [0.15, 0.2) is 5.13 Å². The third kappa shape index (κ3) is 4.04. The standard InChI is InChI=1S/C22H21N7O2S/c1-13-6-7-16-15(11-24-28-16)20(13)27-21(31)17-12-23-22(32-17)26-18-5-2-4-14(25-18)10-19(30)29-8-3-9-29/h2,4-7,11-12H,3,8-10H2,1H3,(H,24,28)(H,27,31)(H,23,25,26). The number of pyridine rings is 1. The Balaban J connectivity index is 1.27. The summed E-state index contributed by atoms with van der Waals surface area (Å²) in [6.07, 6.45) is 4.57. The van der Waals surface area contributed by atoms with Crippen molar-refractivity contribution in [3.05, 3.63) is 58.9 Å². The van der Waals surface area contributed by atoms with Crippen LogP contribution in [0.5, 0.6) is 0 Å². The number of aromatic nitrogens is 4. The Morgan fingerprint density at radius 3 is 2.88 bits per heavy atom. The molecule has 1 aromatic carbocycles. The smallest absolute Gasteiger partial charge is 0.267 e. The molecule has 162 valence electrons. The summed E-state index contributed by atoms with van der Waals surface area (Å²) in [6, 6.07) is 9.36. The molecule has 0 unspecified atom stereocenters. The molecular formula is C22H21N7O2S. The number of rotatable bonds is 6. The number of hydrogen-bond acceptors (Lipinski definition) is 7. The predicted molar refractivity (Wildman–Crippen MR) is 123 cm³/mol. The van der Waals surface area contributed by atoms with Gasteiger partial charge >= 0.3 is 0 Å². The minimum Gasteiger partial charge on any atom is -0.342 e. The number of aromatic amines is 1. The maximum atomic E-state index is 12.8. The van der Waals surface area contributed by atoms with Crippen LogP contribution in [0.15, 0.2) is 42.7 Å². The first-order chi connectivity index (χ1) is 15.6. The number of carbonyl (C=O) groups is 2. The number of hydrogen-bond donors (Lipinski definition) is 3. The molecule has 0 aliphatic carbocycles. The van der Waals surface area contributed by atoms with Gasteiger partial charge in [-0.1, -0.05) is 23.5 Å². The molecule has 0 bridgehead atoms. The Morgan fingerprint density at radius 2 is 2.06 bits per heavy atom. The van der Waals surface area contributed by atoms with E-state index in [1.165, 1.54) is 17.5 Å². The van der Waals surface area contributed by atoms with Crippen LogP contribution in [0.3, 0.4) is 0 Å². The molecule has 10 heteroatoms. The molecule has 3 N–H and O–H groups in total. The SMILES string of the molecule is Cc1ccc2[nH]ncc2c1NC(=O)c1cnc(Nc2cccc(CC(=O)N3CCC3)n2)s1. The van der Waals surface area contributed by atoms with E-state index >= 15 is 0 Å². The predicted octanol–water partition coefficient (Wildman–Crippen LogP) is 3.49. The summed E-state index contributed by atoms with van der Waals surface area (Å²) < 4.78 is 0. The van der Waals surface area contributed by atoms with E-state index in [1.54, 1.807) is 6.20 Å². The van der Waals surface area contributed by atoms with E-state index in [1.807, 2.05) is 42.2 Å². The van der Waals surface area contributed by atoms with Crippen LogP contribution in [-0.4, -0.2) is 50.0 Å². The van der Waals surface area contributed by atoms with Crippen LogP contribution in [0.1, 0.15) is 27.3 Å². The molecule has 2 amide bonds. The van der Waals surface area contributed by atoms with Crippen molar-refractivity contribution in [3.63, 3.8) is 0 Å². The third-order valence-corrected chi connectivity index (χ3v) is 6.29. The van der Waals surface area contributed by atoms with Gasteiger partial charge < -0.3 is 15.5 Å². The van der Waals surface area contributed by atoms with Crippen molar-refractivity contribution in [2.45, 2.75) is 19.8 Å². The first kappa shape index (κ1) is 20.1. The minimum absolute atomic E-state index is 0.0945. The van der Waals surface area contributed by atoms with Crippen LogP contribution in [0.2, 0.25) is 0 Å². The van der Waals surface area contributed by atoms with Crippen molar-refractivity contribution >= 4 is 50.7 Å². The molecule has 0 saturated carbocycles. The molecule has 0 spiro atoms. The summed E-state index contributed by atoms with van der Waals surface area (Å²) >= 11 is 1.23. The molecule has 9 nitrogen and oxygen atoms in total. The van der Waals surface area contributed by atoms with Crippen molar-refractivity contribution in [1.82, 2.24) is 25.1 Å². The number of aryl methyl sites for hydroxylation is 1. The summed E-state index contributed by atoms with van der Waals surface area (Å²) in [5.41, 5.74) is 3.23. The number of H-pyrrole nitrogens is 1. The number of amides is 2. The largest absolute Gasteiger partial charge is 0.342 e. The highest BCUT2D eigenvalue weighted by Gasteiger charge is 2.20. The Kier molecular flexibility index (Phi) is 5.28.